The second-order valence-corrected chi connectivity index (χ2v) is 8.75. The Labute approximate surface area is 179 Å². The van der Waals surface area contributed by atoms with E-state index in [9.17, 15) is 27.6 Å². The molecule has 0 bridgehead atoms. The Morgan fingerprint density at radius 2 is 1.81 bits per heavy atom. The van der Waals surface area contributed by atoms with Crippen LogP contribution < -0.4 is 21.8 Å². The van der Waals surface area contributed by atoms with Crippen molar-refractivity contribution in [3.63, 3.8) is 0 Å². The lowest BCUT2D eigenvalue weighted by Crippen LogP contribution is -2.33. The van der Waals surface area contributed by atoms with Gasteiger partial charge in [0.15, 0.2) is 5.69 Å². The summed E-state index contributed by atoms with van der Waals surface area (Å²) < 4.78 is 25.2. The van der Waals surface area contributed by atoms with Crippen LogP contribution in [0.5, 0.6) is 0 Å². The number of carbonyl (C=O) groups excluding carboxylic acids is 2. The van der Waals surface area contributed by atoms with Crippen LogP contribution in [0.1, 0.15) is 10.5 Å². The van der Waals surface area contributed by atoms with E-state index in [4.69, 9.17) is 0 Å². The zero-order valence-corrected chi connectivity index (χ0v) is 17.3. The number of aromatic nitrogens is 4. The number of fused-ring (bicyclic) bond motifs is 2. The molecule has 2 amide bonds. The molecule has 0 fully saturated rings. The average Bonchev–Trinajstić information content (AvgIpc) is 3.15. The van der Waals surface area contributed by atoms with Gasteiger partial charge in [0.1, 0.15) is 0 Å². The molecule has 3 heterocycles. The van der Waals surface area contributed by atoms with E-state index in [0.29, 0.717) is 0 Å². The maximum Gasteiger partial charge on any atom is 0.272 e. The van der Waals surface area contributed by atoms with E-state index in [2.05, 4.69) is 25.8 Å². The van der Waals surface area contributed by atoms with Crippen LogP contribution >= 0.6 is 0 Å². The maximum absolute atomic E-state index is 12.6. The Bertz CT molecular complexity index is 1610. The van der Waals surface area contributed by atoms with Gasteiger partial charge in [-0.25, -0.2) is 13.4 Å². The summed E-state index contributed by atoms with van der Waals surface area (Å²) >= 11 is 0. The molecule has 164 valence electrons. The first-order valence-electron chi connectivity index (χ1n) is 9.15. The molecule has 12 nitrogen and oxygen atoms in total. The van der Waals surface area contributed by atoms with Crippen LogP contribution in [0.3, 0.4) is 0 Å². The second-order valence-electron chi connectivity index (χ2n) is 6.84. The normalized spacial score (nSPS) is 11.5. The van der Waals surface area contributed by atoms with Gasteiger partial charge in [-0.05, 0) is 24.3 Å². The van der Waals surface area contributed by atoms with Crippen LogP contribution in [-0.4, -0.2) is 52.6 Å². The Morgan fingerprint density at radius 3 is 2.56 bits per heavy atom. The zero-order valence-electron chi connectivity index (χ0n) is 16.5. The highest BCUT2D eigenvalue weighted by molar-refractivity contribution is 7.90. The molecule has 4 aromatic rings. The number of sulfone groups is 1. The van der Waals surface area contributed by atoms with Crippen molar-refractivity contribution in [2.24, 2.45) is 0 Å². The van der Waals surface area contributed by atoms with E-state index in [1.165, 1.54) is 34.9 Å². The Balaban J connectivity index is 1.56. The average molecular weight is 456 g/mol. The minimum absolute atomic E-state index is 0.00573. The van der Waals surface area contributed by atoms with Crippen molar-refractivity contribution in [2.45, 2.75) is 5.16 Å². The molecule has 13 heteroatoms. The van der Waals surface area contributed by atoms with Crippen molar-refractivity contribution < 1.29 is 18.0 Å². The fourth-order valence-corrected chi connectivity index (χ4v) is 3.98. The van der Waals surface area contributed by atoms with Gasteiger partial charge >= 0.3 is 0 Å². The van der Waals surface area contributed by atoms with Crippen molar-refractivity contribution in [1.29, 1.82) is 0 Å². The van der Waals surface area contributed by atoms with Crippen molar-refractivity contribution in [2.75, 3.05) is 18.1 Å². The highest BCUT2D eigenvalue weighted by Crippen LogP contribution is 2.18. The molecule has 3 aromatic heterocycles. The summed E-state index contributed by atoms with van der Waals surface area (Å²) in [6, 6.07) is 9.11. The summed E-state index contributed by atoms with van der Waals surface area (Å²) in [5.74, 6) is -1.43. The predicted molar refractivity (Wildman–Crippen MR) is 114 cm³/mol. The molecule has 0 spiro atoms. The first kappa shape index (κ1) is 21.0. The first-order chi connectivity index (χ1) is 15.2. The highest BCUT2D eigenvalue weighted by atomic mass is 32.2. The van der Waals surface area contributed by atoms with E-state index < -0.39 is 39.3 Å². The molecule has 1 aromatic carbocycles. The van der Waals surface area contributed by atoms with Gasteiger partial charge in [0.2, 0.25) is 20.9 Å². The largest absolute Gasteiger partial charge is 0.342 e. The van der Waals surface area contributed by atoms with Gasteiger partial charge in [0.05, 0.1) is 28.5 Å². The Morgan fingerprint density at radius 1 is 1.06 bits per heavy atom. The number of hydrogen-bond acceptors (Lipinski definition) is 7. The number of nitrogens with one attached hydrogen (secondary N) is 4. The molecular weight excluding hydrogens is 440 g/mol. The summed E-state index contributed by atoms with van der Waals surface area (Å²) in [7, 11) is -3.71. The Hall–Kier alpha value is -4.26. The lowest BCUT2D eigenvalue weighted by atomic mass is 10.1. The van der Waals surface area contributed by atoms with Gasteiger partial charge in [-0.15, -0.1) is 0 Å². The molecule has 32 heavy (non-hydrogen) atoms. The van der Waals surface area contributed by atoms with Crippen LogP contribution in [-0.2, 0) is 14.6 Å². The summed E-state index contributed by atoms with van der Waals surface area (Å²) in [6.07, 6.45) is 2.43. The molecule has 0 unspecified atom stereocenters. The first-order valence-corrected chi connectivity index (χ1v) is 11.0. The molecule has 4 N–H and O–H groups in total. The maximum atomic E-state index is 12.6. The number of rotatable bonds is 5. The third-order valence-electron chi connectivity index (χ3n) is 4.57. The molecule has 0 saturated carbocycles. The van der Waals surface area contributed by atoms with Crippen LogP contribution in [0.4, 0.5) is 5.69 Å². The van der Waals surface area contributed by atoms with Crippen molar-refractivity contribution >= 4 is 43.6 Å². The van der Waals surface area contributed by atoms with Crippen LogP contribution in [0.25, 0.3) is 16.3 Å². The van der Waals surface area contributed by atoms with Gasteiger partial charge in [0.25, 0.3) is 17.0 Å². The molecule has 4 rings (SSSR count). The lowest BCUT2D eigenvalue weighted by molar-refractivity contribution is -0.115. The molecule has 0 aliphatic rings. The predicted octanol–water partition coefficient (Wildman–Crippen LogP) is -0.364. The van der Waals surface area contributed by atoms with Gasteiger partial charge in [-0.2, -0.15) is 0 Å². The number of H-pyrrole nitrogens is 2. The molecular formula is C19H16N6O6S. The van der Waals surface area contributed by atoms with E-state index >= 15 is 0 Å². The molecule has 0 atom stereocenters. The smallest absolute Gasteiger partial charge is 0.272 e. The highest BCUT2D eigenvalue weighted by Gasteiger charge is 2.23. The number of amides is 2. The number of carbonyl (C=O) groups is 2. The summed E-state index contributed by atoms with van der Waals surface area (Å²) in [4.78, 5) is 52.9. The minimum Gasteiger partial charge on any atom is -0.342 e. The number of aromatic amines is 2. The van der Waals surface area contributed by atoms with Gasteiger partial charge < -0.3 is 10.6 Å². The standard InChI is InChI=1S/C19H16N6O6S/c1-32(30,31)19-22-15(12-7-2-3-8-25(12)19)18(29)20-9-13(26)21-11-6-4-5-10-14(11)17(28)24-23-16(10)27/h2-8H,9H2,1H3,(H,20,29)(H,21,26)(H,23,27)(H,24,28). The lowest BCUT2D eigenvalue weighted by Gasteiger charge is -2.08. The van der Waals surface area contributed by atoms with Crippen LogP contribution in [0.15, 0.2) is 57.3 Å². The quantitative estimate of drug-likeness (QED) is 0.317. The Kier molecular flexibility index (Phi) is 5.10. The third kappa shape index (κ3) is 3.76. The molecule has 0 aliphatic heterocycles. The van der Waals surface area contributed by atoms with Gasteiger partial charge in [-0.1, -0.05) is 12.1 Å². The van der Waals surface area contributed by atoms with E-state index in [1.54, 1.807) is 12.1 Å². The van der Waals surface area contributed by atoms with Crippen molar-refractivity contribution in [1.82, 2.24) is 24.9 Å². The van der Waals surface area contributed by atoms with E-state index in [0.717, 1.165) is 6.26 Å². The van der Waals surface area contributed by atoms with Crippen molar-refractivity contribution in [3.8, 4) is 0 Å². The summed E-state index contributed by atoms with van der Waals surface area (Å²) in [5.41, 5.74) is -0.937. The SMILES string of the molecule is CS(=O)(=O)c1nc(C(=O)NCC(=O)Nc2cccc3c(=O)[nH][nH]c(=O)c23)c2ccccn12. The topological polar surface area (TPSA) is 175 Å². The van der Waals surface area contributed by atoms with Crippen molar-refractivity contribution in [3.05, 3.63) is 69.0 Å². The monoisotopic (exact) mass is 456 g/mol. The fourth-order valence-electron chi connectivity index (χ4n) is 3.21. The van der Waals surface area contributed by atoms with E-state index in [1.807, 2.05) is 0 Å². The summed E-state index contributed by atoms with van der Waals surface area (Å²) in [6.45, 7) is -0.490. The van der Waals surface area contributed by atoms with Gasteiger partial charge in [0, 0.05) is 12.5 Å². The van der Waals surface area contributed by atoms with E-state index in [-0.39, 0.29) is 32.8 Å². The zero-order chi connectivity index (χ0) is 23.0. The van der Waals surface area contributed by atoms with Crippen LogP contribution in [0, 0.1) is 0 Å². The number of nitrogens with zero attached hydrogens (tertiary/aromatic N) is 2. The minimum atomic E-state index is -3.71. The number of anilines is 1. The molecule has 0 saturated heterocycles. The number of imidazole rings is 1. The van der Waals surface area contributed by atoms with Crippen LogP contribution in [0.2, 0.25) is 0 Å². The molecule has 0 aliphatic carbocycles. The number of pyridine rings is 1. The fraction of sp³-hybridized carbons (Fsp3) is 0.105. The second kappa shape index (κ2) is 7.77. The van der Waals surface area contributed by atoms with Gasteiger partial charge in [-0.3, -0.25) is 33.8 Å². The molecule has 0 radical (unpaired) electrons. The third-order valence-corrected chi connectivity index (χ3v) is 5.52. The number of hydrogen-bond donors (Lipinski definition) is 4. The summed E-state index contributed by atoms with van der Waals surface area (Å²) in [5, 5.41) is 9.02. The number of benzene rings is 1.